The molecule has 0 saturated heterocycles. The molecule has 0 atom stereocenters. The van der Waals surface area contributed by atoms with Crippen molar-refractivity contribution in [2.75, 3.05) is 5.32 Å². The van der Waals surface area contributed by atoms with Gasteiger partial charge < -0.3 is 5.32 Å². The molecule has 0 aliphatic heterocycles. The molecule has 174 valence electrons. The molecule has 0 aliphatic carbocycles. The monoisotopic (exact) mass is 491 g/mol. The van der Waals surface area contributed by atoms with E-state index in [1.54, 1.807) is 29.1 Å². The first-order chi connectivity index (χ1) is 16.5. The van der Waals surface area contributed by atoms with Crippen molar-refractivity contribution in [2.45, 2.75) is 39.5 Å². The molecule has 3 aromatic carbocycles. The van der Waals surface area contributed by atoms with Crippen LogP contribution in [0.4, 0.5) is 5.69 Å². The summed E-state index contributed by atoms with van der Waals surface area (Å²) in [6, 6.07) is 19.2. The smallest absolute Gasteiger partial charge is 0.257 e. The second-order valence-corrected chi connectivity index (χ2v) is 8.85. The summed E-state index contributed by atoms with van der Waals surface area (Å²) < 4.78 is 0. The molecule has 4 aromatic rings. The SMILES string of the molecule is CCCCc1ccc(-n2nc3cc(Cl)c(NC(=S)NC(=O)c4ccc(CC)cc4)cc3n2)cc1. The van der Waals surface area contributed by atoms with Gasteiger partial charge >= 0.3 is 0 Å². The maximum atomic E-state index is 12.5. The Morgan fingerprint density at radius 3 is 2.26 bits per heavy atom. The molecule has 6 nitrogen and oxygen atoms in total. The number of anilines is 1. The van der Waals surface area contributed by atoms with Crippen LogP contribution in [0.25, 0.3) is 16.7 Å². The number of hydrogen-bond acceptors (Lipinski definition) is 4. The van der Waals surface area contributed by atoms with Crippen LogP contribution in [-0.4, -0.2) is 26.0 Å². The molecule has 1 amide bonds. The first kappa shape index (κ1) is 23.9. The molecule has 8 heteroatoms. The second-order valence-electron chi connectivity index (χ2n) is 8.04. The third-order valence-corrected chi connectivity index (χ3v) is 6.07. The Hall–Kier alpha value is -3.29. The van der Waals surface area contributed by atoms with Crippen LogP contribution in [0, 0.1) is 0 Å². The number of halogens is 1. The van der Waals surface area contributed by atoms with Crippen LogP contribution in [0.5, 0.6) is 0 Å². The van der Waals surface area contributed by atoms with E-state index in [1.165, 1.54) is 18.4 Å². The third kappa shape index (κ3) is 5.61. The van der Waals surface area contributed by atoms with E-state index < -0.39 is 0 Å². The maximum absolute atomic E-state index is 12.5. The van der Waals surface area contributed by atoms with Gasteiger partial charge in [-0.15, -0.1) is 10.2 Å². The number of nitrogens with zero attached hydrogens (tertiary/aromatic N) is 3. The van der Waals surface area contributed by atoms with Crippen molar-refractivity contribution in [2.24, 2.45) is 0 Å². The third-order valence-electron chi connectivity index (χ3n) is 5.56. The molecule has 0 saturated carbocycles. The Balaban J connectivity index is 1.47. The summed E-state index contributed by atoms with van der Waals surface area (Å²) in [4.78, 5) is 14.1. The fraction of sp³-hybridized carbons (Fsp3) is 0.231. The van der Waals surface area contributed by atoms with E-state index in [0.717, 1.165) is 24.1 Å². The number of unbranched alkanes of at least 4 members (excludes halogenated alkanes) is 1. The van der Waals surface area contributed by atoms with Gasteiger partial charge in [0.2, 0.25) is 0 Å². The Bertz CT molecular complexity index is 1320. The molecule has 1 aromatic heterocycles. The van der Waals surface area contributed by atoms with Crippen molar-refractivity contribution in [3.8, 4) is 5.69 Å². The predicted octanol–water partition coefficient (Wildman–Crippen LogP) is 6.11. The summed E-state index contributed by atoms with van der Waals surface area (Å²) in [6.45, 7) is 4.25. The second kappa shape index (κ2) is 10.8. The number of nitrogens with one attached hydrogen (secondary N) is 2. The Morgan fingerprint density at radius 2 is 1.62 bits per heavy atom. The van der Waals surface area contributed by atoms with Gasteiger partial charge in [0.05, 0.1) is 16.4 Å². The zero-order chi connectivity index (χ0) is 24.1. The average Bonchev–Trinajstić information content (AvgIpc) is 3.25. The van der Waals surface area contributed by atoms with Gasteiger partial charge in [-0.2, -0.15) is 4.80 Å². The summed E-state index contributed by atoms with van der Waals surface area (Å²) in [5.74, 6) is -0.286. The van der Waals surface area contributed by atoms with E-state index in [0.29, 0.717) is 27.3 Å². The molecule has 1 heterocycles. The lowest BCUT2D eigenvalue weighted by molar-refractivity contribution is 0.0977. The van der Waals surface area contributed by atoms with E-state index in [1.807, 2.05) is 24.3 Å². The Kier molecular flexibility index (Phi) is 7.55. The summed E-state index contributed by atoms with van der Waals surface area (Å²) >= 11 is 11.8. The molecule has 4 rings (SSSR count). The number of carbonyl (C=O) groups excluding carboxylic acids is 1. The first-order valence-electron chi connectivity index (χ1n) is 11.3. The molecule has 0 radical (unpaired) electrons. The van der Waals surface area contributed by atoms with Crippen molar-refractivity contribution in [3.63, 3.8) is 0 Å². The molecule has 0 bridgehead atoms. The minimum absolute atomic E-state index is 0.154. The number of thiocarbonyl (C=S) groups is 1. The van der Waals surface area contributed by atoms with E-state index in [2.05, 4.69) is 46.8 Å². The highest BCUT2D eigenvalue weighted by atomic mass is 35.5. The standard InChI is InChI=1S/C26H26ClN5OS/c1-3-5-6-18-9-13-20(14-10-18)32-30-23-15-21(27)22(16-24(23)31-32)28-26(34)29-25(33)19-11-7-17(4-2)8-12-19/h7-16H,3-6H2,1-2H3,(H2,28,29,33,34). The number of aromatic nitrogens is 3. The van der Waals surface area contributed by atoms with Crippen LogP contribution >= 0.6 is 23.8 Å². The topological polar surface area (TPSA) is 71.8 Å². The van der Waals surface area contributed by atoms with Gasteiger partial charge in [0.15, 0.2) is 5.11 Å². The average molecular weight is 492 g/mol. The molecule has 0 unspecified atom stereocenters. The van der Waals surface area contributed by atoms with Crippen LogP contribution in [0.3, 0.4) is 0 Å². The Labute approximate surface area is 209 Å². The lowest BCUT2D eigenvalue weighted by Gasteiger charge is -2.11. The maximum Gasteiger partial charge on any atom is 0.257 e. The number of carbonyl (C=O) groups is 1. The van der Waals surface area contributed by atoms with Crippen LogP contribution in [0.2, 0.25) is 5.02 Å². The lowest BCUT2D eigenvalue weighted by Crippen LogP contribution is -2.34. The first-order valence-corrected chi connectivity index (χ1v) is 12.1. The van der Waals surface area contributed by atoms with E-state index in [4.69, 9.17) is 23.8 Å². The molecule has 2 N–H and O–H groups in total. The molecule has 0 aliphatic rings. The zero-order valence-corrected chi connectivity index (χ0v) is 20.7. The number of rotatable bonds is 7. The minimum Gasteiger partial charge on any atom is -0.331 e. The zero-order valence-electron chi connectivity index (χ0n) is 19.1. The Morgan fingerprint density at radius 1 is 0.971 bits per heavy atom. The van der Waals surface area contributed by atoms with Gasteiger partial charge in [0, 0.05) is 5.56 Å². The largest absolute Gasteiger partial charge is 0.331 e. The van der Waals surface area contributed by atoms with Crippen LogP contribution < -0.4 is 10.6 Å². The molecule has 0 spiro atoms. The van der Waals surface area contributed by atoms with Crippen LogP contribution in [-0.2, 0) is 12.8 Å². The minimum atomic E-state index is -0.286. The van der Waals surface area contributed by atoms with E-state index >= 15 is 0 Å². The lowest BCUT2D eigenvalue weighted by atomic mass is 10.1. The van der Waals surface area contributed by atoms with E-state index in [9.17, 15) is 4.79 Å². The number of amides is 1. The molecular weight excluding hydrogens is 466 g/mol. The quantitative estimate of drug-likeness (QED) is 0.305. The number of hydrogen-bond donors (Lipinski definition) is 2. The van der Waals surface area contributed by atoms with Gasteiger partial charge in [-0.25, -0.2) is 0 Å². The fourth-order valence-electron chi connectivity index (χ4n) is 3.55. The molecular formula is C26H26ClN5OS. The summed E-state index contributed by atoms with van der Waals surface area (Å²) in [6.07, 6.45) is 4.32. The van der Waals surface area contributed by atoms with Gasteiger partial charge in [-0.05, 0) is 79.0 Å². The van der Waals surface area contributed by atoms with Crippen molar-refractivity contribution in [1.82, 2.24) is 20.3 Å². The molecule has 0 fully saturated rings. The van der Waals surface area contributed by atoms with Gasteiger partial charge in [0.1, 0.15) is 11.0 Å². The highest BCUT2D eigenvalue weighted by molar-refractivity contribution is 7.80. The highest BCUT2D eigenvalue weighted by Gasteiger charge is 2.13. The number of aryl methyl sites for hydroxylation is 2. The number of benzene rings is 3. The predicted molar refractivity (Wildman–Crippen MR) is 142 cm³/mol. The van der Waals surface area contributed by atoms with Gasteiger partial charge in [-0.1, -0.05) is 56.1 Å². The van der Waals surface area contributed by atoms with Crippen LogP contribution in [0.15, 0.2) is 60.7 Å². The van der Waals surface area contributed by atoms with Gasteiger partial charge in [-0.3, -0.25) is 10.1 Å². The van der Waals surface area contributed by atoms with E-state index in [-0.39, 0.29) is 11.0 Å². The summed E-state index contributed by atoms with van der Waals surface area (Å²) in [5.41, 5.74) is 5.74. The van der Waals surface area contributed by atoms with Gasteiger partial charge in [0.25, 0.3) is 5.91 Å². The molecule has 34 heavy (non-hydrogen) atoms. The van der Waals surface area contributed by atoms with Crippen molar-refractivity contribution < 1.29 is 4.79 Å². The summed E-state index contributed by atoms with van der Waals surface area (Å²) in [5, 5.41) is 15.4. The number of fused-ring (bicyclic) bond motifs is 1. The fourth-order valence-corrected chi connectivity index (χ4v) is 3.95. The van der Waals surface area contributed by atoms with Crippen molar-refractivity contribution in [3.05, 3.63) is 82.4 Å². The van der Waals surface area contributed by atoms with Crippen molar-refractivity contribution in [1.29, 1.82) is 0 Å². The highest BCUT2D eigenvalue weighted by Crippen LogP contribution is 2.27. The summed E-state index contributed by atoms with van der Waals surface area (Å²) in [7, 11) is 0. The van der Waals surface area contributed by atoms with Crippen LogP contribution in [0.1, 0.15) is 48.2 Å². The van der Waals surface area contributed by atoms with Crippen molar-refractivity contribution >= 4 is 51.6 Å². The normalized spacial score (nSPS) is 10.9.